The summed E-state index contributed by atoms with van der Waals surface area (Å²) in [7, 11) is 0. The molecule has 3 N–H and O–H groups in total. The molecule has 1 aliphatic rings. The summed E-state index contributed by atoms with van der Waals surface area (Å²) in [6.07, 6.45) is -0.525. The van der Waals surface area contributed by atoms with Crippen LogP contribution < -0.4 is 0 Å². The summed E-state index contributed by atoms with van der Waals surface area (Å²) < 4.78 is 10.7. The smallest absolute Gasteiger partial charge is 0.186 e. The molecular formula is C12H24O5. The Morgan fingerprint density at radius 2 is 1.71 bits per heavy atom. The molecule has 1 fully saturated rings. The first-order valence-electron chi connectivity index (χ1n) is 6.39. The maximum Gasteiger partial charge on any atom is 0.186 e. The van der Waals surface area contributed by atoms with E-state index in [0.717, 1.165) is 25.7 Å². The van der Waals surface area contributed by atoms with Gasteiger partial charge in [0, 0.05) is 6.61 Å². The first-order chi connectivity index (χ1) is 8.07. The summed E-state index contributed by atoms with van der Waals surface area (Å²) in [5, 5.41) is 28.7. The zero-order valence-corrected chi connectivity index (χ0v) is 10.6. The molecule has 0 radical (unpaired) electrons. The number of hydrogen-bond acceptors (Lipinski definition) is 5. The van der Waals surface area contributed by atoms with E-state index < -0.39 is 30.7 Å². The van der Waals surface area contributed by atoms with Gasteiger partial charge in [-0.15, -0.1) is 0 Å². The lowest BCUT2D eigenvalue weighted by molar-refractivity contribution is -0.293. The number of rotatable bonds is 6. The van der Waals surface area contributed by atoms with Gasteiger partial charge >= 0.3 is 0 Å². The SMILES string of the molecule is CCCCCCOC1OC(C)[C@@H](O)[C@H](O)C1O. The summed E-state index contributed by atoms with van der Waals surface area (Å²) in [4.78, 5) is 0. The van der Waals surface area contributed by atoms with Gasteiger partial charge in [-0.25, -0.2) is 0 Å². The van der Waals surface area contributed by atoms with Crippen molar-refractivity contribution >= 4 is 0 Å². The number of unbranched alkanes of at least 4 members (excludes halogenated alkanes) is 3. The van der Waals surface area contributed by atoms with Gasteiger partial charge < -0.3 is 24.8 Å². The molecule has 0 aromatic heterocycles. The van der Waals surface area contributed by atoms with Crippen LogP contribution in [0.15, 0.2) is 0 Å². The van der Waals surface area contributed by atoms with Crippen molar-refractivity contribution in [2.75, 3.05) is 6.61 Å². The van der Waals surface area contributed by atoms with E-state index in [9.17, 15) is 15.3 Å². The summed E-state index contributed by atoms with van der Waals surface area (Å²) in [6.45, 7) is 4.28. The molecule has 0 aromatic carbocycles. The second-order valence-corrected chi connectivity index (χ2v) is 4.61. The van der Waals surface area contributed by atoms with Crippen molar-refractivity contribution in [2.45, 2.75) is 70.2 Å². The second kappa shape index (κ2) is 7.28. The molecule has 102 valence electrons. The van der Waals surface area contributed by atoms with E-state index in [2.05, 4.69) is 6.92 Å². The van der Waals surface area contributed by atoms with Crippen LogP contribution in [0.25, 0.3) is 0 Å². The summed E-state index contributed by atoms with van der Waals surface area (Å²) >= 11 is 0. The zero-order chi connectivity index (χ0) is 12.8. The highest BCUT2D eigenvalue weighted by atomic mass is 16.7. The Hall–Kier alpha value is -0.200. The molecule has 1 rings (SSSR count). The fourth-order valence-corrected chi connectivity index (χ4v) is 1.88. The van der Waals surface area contributed by atoms with E-state index in [-0.39, 0.29) is 0 Å². The van der Waals surface area contributed by atoms with Crippen LogP contribution in [0.2, 0.25) is 0 Å². The lowest BCUT2D eigenvalue weighted by Crippen LogP contribution is -2.57. The predicted octanol–water partition coefficient (Wildman–Crippen LogP) is 0.411. The van der Waals surface area contributed by atoms with Gasteiger partial charge in [0.15, 0.2) is 6.29 Å². The first kappa shape index (κ1) is 14.9. The average Bonchev–Trinajstić information content (AvgIpc) is 2.32. The molecule has 5 heteroatoms. The lowest BCUT2D eigenvalue weighted by Gasteiger charge is -2.38. The topological polar surface area (TPSA) is 79.2 Å². The fourth-order valence-electron chi connectivity index (χ4n) is 1.88. The Morgan fingerprint density at radius 3 is 2.35 bits per heavy atom. The molecular weight excluding hydrogens is 224 g/mol. The van der Waals surface area contributed by atoms with Crippen molar-refractivity contribution < 1.29 is 24.8 Å². The summed E-state index contributed by atoms with van der Waals surface area (Å²) in [6, 6.07) is 0. The van der Waals surface area contributed by atoms with Gasteiger partial charge in [0.1, 0.15) is 18.3 Å². The Balaban J connectivity index is 2.28. The van der Waals surface area contributed by atoms with Crippen molar-refractivity contribution in [3.63, 3.8) is 0 Å². The molecule has 0 bridgehead atoms. The third-order valence-electron chi connectivity index (χ3n) is 3.09. The van der Waals surface area contributed by atoms with Crippen molar-refractivity contribution in [1.82, 2.24) is 0 Å². The van der Waals surface area contributed by atoms with E-state index in [1.807, 2.05) is 0 Å². The van der Waals surface area contributed by atoms with E-state index in [0.29, 0.717) is 6.61 Å². The minimum absolute atomic E-state index is 0.497. The quantitative estimate of drug-likeness (QED) is 0.593. The standard InChI is InChI=1S/C12H24O5/c1-3-4-5-6-7-16-12-11(15)10(14)9(13)8(2)17-12/h8-15H,3-7H2,1-2H3/t8?,9-,10+,11?,12?/m1/s1. The first-order valence-corrected chi connectivity index (χ1v) is 6.39. The van der Waals surface area contributed by atoms with Crippen LogP contribution in [-0.4, -0.2) is 52.6 Å². The lowest BCUT2D eigenvalue weighted by atomic mass is 10.0. The van der Waals surface area contributed by atoms with Gasteiger partial charge in [-0.1, -0.05) is 26.2 Å². The molecule has 17 heavy (non-hydrogen) atoms. The van der Waals surface area contributed by atoms with Gasteiger partial charge in [0.05, 0.1) is 6.10 Å². The molecule has 1 saturated heterocycles. The van der Waals surface area contributed by atoms with E-state index in [4.69, 9.17) is 9.47 Å². The molecule has 0 spiro atoms. The minimum atomic E-state index is -1.21. The van der Waals surface area contributed by atoms with E-state index in [1.165, 1.54) is 0 Å². The fraction of sp³-hybridized carbons (Fsp3) is 1.00. The van der Waals surface area contributed by atoms with Crippen LogP contribution in [0.1, 0.15) is 39.5 Å². The van der Waals surface area contributed by atoms with Crippen LogP contribution >= 0.6 is 0 Å². The van der Waals surface area contributed by atoms with Crippen LogP contribution in [0, 0.1) is 0 Å². The minimum Gasteiger partial charge on any atom is -0.388 e. The summed E-state index contributed by atoms with van der Waals surface area (Å²) in [5.41, 5.74) is 0. The third-order valence-corrected chi connectivity index (χ3v) is 3.09. The predicted molar refractivity (Wildman–Crippen MR) is 62.4 cm³/mol. The molecule has 5 atom stereocenters. The van der Waals surface area contributed by atoms with Crippen LogP contribution in [0.3, 0.4) is 0 Å². The number of hydrogen-bond donors (Lipinski definition) is 3. The third kappa shape index (κ3) is 4.19. The molecule has 0 aliphatic carbocycles. The molecule has 5 nitrogen and oxygen atoms in total. The molecule has 0 aromatic rings. The van der Waals surface area contributed by atoms with Crippen LogP contribution in [0.4, 0.5) is 0 Å². The summed E-state index contributed by atoms with van der Waals surface area (Å²) in [5.74, 6) is 0. The Bertz CT molecular complexity index is 211. The van der Waals surface area contributed by atoms with Gasteiger partial charge in [0.25, 0.3) is 0 Å². The maximum absolute atomic E-state index is 9.67. The highest BCUT2D eigenvalue weighted by molar-refractivity contribution is 4.87. The second-order valence-electron chi connectivity index (χ2n) is 4.61. The number of aliphatic hydroxyl groups is 3. The van der Waals surface area contributed by atoms with Crippen molar-refractivity contribution in [3.8, 4) is 0 Å². The monoisotopic (exact) mass is 248 g/mol. The Labute approximate surface area is 102 Å². The molecule has 3 unspecified atom stereocenters. The van der Waals surface area contributed by atoms with Gasteiger partial charge in [0.2, 0.25) is 0 Å². The molecule has 0 saturated carbocycles. The normalized spacial score (nSPS) is 38.3. The van der Waals surface area contributed by atoms with Crippen LogP contribution in [-0.2, 0) is 9.47 Å². The number of ether oxygens (including phenoxy) is 2. The molecule has 1 heterocycles. The van der Waals surface area contributed by atoms with Gasteiger partial charge in [-0.3, -0.25) is 0 Å². The largest absolute Gasteiger partial charge is 0.388 e. The zero-order valence-electron chi connectivity index (χ0n) is 10.6. The Kier molecular flexibility index (Phi) is 6.37. The highest BCUT2D eigenvalue weighted by Gasteiger charge is 2.42. The molecule has 1 aliphatic heterocycles. The van der Waals surface area contributed by atoms with Crippen molar-refractivity contribution in [1.29, 1.82) is 0 Å². The highest BCUT2D eigenvalue weighted by Crippen LogP contribution is 2.21. The average molecular weight is 248 g/mol. The van der Waals surface area contributed by atoms with E-state index in [1.54, 1.807) is 6.92 Å². The van der Waals surface area contributed by atoms with Gasteiger partial charge in [-0.2, -0.15) is 0 Å². The van der Waals surface area contributed by atoms with Crippen molar-refractivity contribution in [2.24, 2.45) is 0 Å². The van der Waals surface area contributed by atoms with E-state index >= 15 is 0 Å². The maximum atomic E-state index is 9.67. The molecule has 0 amide bonds. The van der Waals surface area contributed by atoms with Crippen LogP contribution in [0.5, 0.6) is 0 Å². The van der Waals surface area contributed by atoms with Crippen molar-refractivity contribution in [3.05, 3.63) is 0 Å². The number of aliphatic hydroxyl groups excluding tert-OH is 3. The Morgan fingerprint density at radius 1 is 1.00 bits per heavy atom. The van der Waals surface area contributed by atoms with Gasteiger partial charge in [-0.05, 0) is 13.3 Å².